The number of aliphatic hydroxyl groups excluding tert-OH is 2. The number of hydrogen-bond acceptors (Lipinski definition) is 11. The third-order valence-electron chi connectivity index (χ3n) is 10.8. The number of benzene rings is 2. The molecule has 18 nitrogen and oxygen atoms in total. The van der Waals surface area contributed by atoms with E-state index in [4.69, 9.17) is 4.74 Å². The number of hydrogen-bond donors (Lipinski definition) is 9. The Balaban J connectivity index is 2.17. The SMILES string of the molecule is CCC(C)C(=O)N[C@H](Cc1ccccc1)C(=O)N[C@H]1C(=O)N[C@H](CC(C)C)C(=O)N[C@H](Cc2ccccc2)C(=O)N[C@H](CC(C)C)C(=O)N[C@@H](C(C)O)C(=O)N[C@@H](CO)C(=O)O[C@H]1C. The first-order chi connectivity index (χ1) is 30.2. The van der Waals surface area contributed by atoms with Crippen molar-refractivity contribution in [3.63, 3.8) is 0 Å². The fraction of sp³-hybridized carbons (Fsp3) is 0.565. The normalized spacial score (nSPS) is 24.5. The third-order valence-corrected chi connectivity index (χ3v) is 10.8. The van der Waals surface area contributed by atoms with Crippen LogP contribution in [0, 0.1) is 17.8 Å². The van der Waals surface area contributed by atoms with Crippen molar-refractivity contribution >= 4 is 47.3 Å². The molecule has 1 aliphatic rings. The van der Waals surface area contributed by atoms with Crippen LogP contribution in [0.1, 0.15) is 85.8 Å². The summed E-state index contributed by atoms with van der Waals surface area (Å²) in [7, 11) is 0. The van der Waals surface area contributed by atoms with E-state index >= 15 is 0 Å². The first kappa shape index (κ1) is 52.5. The van der Waals surface area contributed by atoms with Gasteiger partial charge in [-0.3, -0.25) is 33.6 Å². The van der Waals surface area contributed by atoms with Gasteiger partial charge in [0.1, 0.15) is 42.4 Å². The smallest absolute Gasteiger partial charge is 0.331 e. The zero-order chi connectivity index (χ0) is 47.7. The second-order valence-electron chi connectivity index (χ2n) is 17.3. The van der Waals surface area contributed by atoms with Gasteiger partial charge in [0, 0.05) is 18.8 Å². The molecule has 2 aromatic carbocycles. The second kappa shape index (κ2) is 25.4. The number of nitrogens with one attached hydrogen (secondary N) is 7. The molecular formula is C46H67N7O11. The van der Waals surface area contributed by atoms with Crippen molar-refractivity contribution in [2.75, 3.05) is 6.61 Å². The molecule has 64 heavy (non-hydrogen) atoms. The number of carbonyl (C=O) groups excluding carboxylic acids is 8. The predicted molar refractivity (Wildman–Crippen MR) is 236 cm³/mol. The van der Waals surface area contributed by atoms with Crippen LogP contribution in [0.25, 0.3) is 0 Å². The lowest BCUT2D eigenvalue weighted by atomic mass is 9.99. The molecule has 0 aromatic heterocycles. The molecule has 1 saturated heterocycles. The van der Waals surface area contributed by atoms with Crippen LogP contribution in [-0.2, 0) is 55.9 Å². The van der Waals surface area contributed by atoms with E-state index in [-0.39, 0.29) is 37.5 Å². The van der Waals surface area contributed by atoms with Gasteiger partial charge in [-0.25, -0.2) is 4.79 Å². The molecule has 1 heterocycles. The van der Waals surface area contributed by atoms with Crippen LogP contribution in [0.15, 0.2) is 60.7 Å². The van der Waals surface area contributed by atoms with Gasteiger partial charge >= 0.3 is 5.97 Å². The highest BCUT2D eigenvalue weighted by Crippen LogP contribution is 2.14. The van der Waals surface area contributed by atoms with Gasteiger partial charge in [0.25, 0.3) is 0 Å². The number of amides is 7. The number of carbonyl (C=O) groups is 8. The Hall–Kier alpha value is -5.88. The zero-order valence-corrected chi connectivity index (χ0v) is 38.0. The maximum absolute atomic E-state index is 14.5. The molecule has 10 atom stereocenters. The highest BCUT2D eigenvalue weighted by molar-refractivity contribution is 5.98. The molecule has 0 radical (unpaired) electrons. The van der Waals surface area contributed by atoms with Gasteiger partial charge in [0.05, 0.1) is 12.7 Å². The highest BCUT2D eigenvalue weighted by atomic mass is 16.5. The van der Waals surface area contributed by atoms with Crippen LogP contribution >= 0.6 is 0 Å². The van der Waals surface area contributed by atoms with Gasteiger partial charge < -0.3 is 52.2 Å². The second-order valence-corrected chi connectivity index (χ2v) is 17.3. The van der Waals surface area contributed by atoms with Crippen molar-refractivity contribution in [2.24, 2.45) is 17.8 Å². The summed E-state index contributed by atoms with van der Waals surface area (Å²) in [6.45, 7) is 12.2. The van der Waals surface area contributed by atoms with Crippen LogP contribution in [0.3, 0.4) is 0 Å². The van der Waals surface area contributed by atoms with Crippen LogP contribution in [0.2, 0.25) is 0 Å². The minimum atomic E-state index is -1.79. The molecule has 9 N–H and O–H groups in total. The number of cyclic esters (lactones) is 1. The van der Waals surface area contributed by atoms with Crippen LogP contribution in [0.4, 0.5) is 0 Å². The maximum Gasteiger partial charge on any atom is 0.331 e. The summed E-state index contributed by atoms with van der Waals surface area (Å²) in [5.41, 5.74) is 1.34. The lowest BCUT2D eigenvalue weighted by molar-refractivity contribution is -0.157. The minimum Gasteiger partial charge on any atom is -0.458 e. The van der Waals surface area contributed by atoms with Gasteiger partial charge in [0.2, 0.25) is 41.4 Å². The number of aliphatic hydroxyl groups is 2. The number of ether oxygens (including phenoxy) is 1. The zero-order valence-electron chi connectivity index (χ0n) is 38.0. The molecule has 1 fully saturated rings. The molecular weight excluding hydrogens is 827 g/mol. The van der Waals surface area contributed by atoms with Gasteiger partial charge in [0.15, 0.2) is 6.04 Å². The summed E-state index contributed by atoms with van der Waals surface area (Å²) in [6.07, 6.45) is -2.51. The van der Waals surface area contributed by atoms with E-state index in [1.54, 1.807) is 95.3 Å². The van der Waals surface area contributed by atoms with Crippen LogP contribution in [-0.4, -0.2) is 119 Å². The summed E-state index contributed by atoms with van der Waals surface area (Å²) in [6, 6.07) is 7.26. The van der Waals surface area contributed by atoms with E-state index in [1.165, 1.54) is 13.8 Å². The van der Waals surface area contributed by atoms with E-state index < -0.39 is 114 Å². The van der Waals surface area contributed by atoms with Gasteiger partial charge in [-0.05, 0) is 56.1 Å². The molecule has 0 spiro atoms. The van der Waals surface area contributed by atoms with Crippen molar-refractivity contribution in [1.82, 2.24) is 37.2 Å². The first-order valence-corrected chi connectivity index (χ1v) is 21.9. The summed E-state index contributed by atoms with van der Waals surface area (Å²) < 4.78 is 5.62. The van der Waals surface area contributed by atoms with E-state index in [0.29, 0.717) is 17.5 Å². The molecule has 2 unspecified atom stereocenters. The van der Waals surface area contributed by atoms with Crippen molar-refractivity contribution in [1.29, 1.82) is 0 Å². The molecule has 0 bridgehead atoms. The van der Waals surface area contributed by atoms with Gasteiger partial charge in [-0.15, -0.1) is 0 Å². The quantitative estimate of drug-likeness (QED) is 0.110. The molecule has 0 aliphatic carbocycles. The number of rotatable bonds is 15. The van der Waals surface area contributed by atoms with Gasteiger partial charge in [-0.1, -0.05) is 102 Å². The molecule has 0 saturated carbocycles. The van der Waals surface area contributed by atoms with Crippen molar-refractivity contribution < 1.29 is 53.3 Å². The minimum absolute atomic E-state index is 0.0121. The van der Waals surface area contributed by atoms with E-state index in [1.807, 2.05) is 6.92 Å². The van der Waals surface area contributed by atoms with Gasteiger partial charge in [-0.2, -0.15) is 0 Å². The van der Waals surface area contributed by atoms with E-state index in [9.17, 15) is 48.6 Å². The summed E-state index contributed by atoms with van der Waals surface area (Å²) >= 11 is 0. The van der Waals surface area contributed by atoms with Crippen molar-refractivity contribution in [3.05, 3.63) is 71.8 Å². The Morgan fingerprint density at radius 1 is 0.656 bits per heavy atom. The molecule has 18 heteroatoms. The average molecular weight is 894 g/mol. The largest absolute Gasteiger partial charge is 0.458 e. The monoisotopic (exact) mass is 893 g/mol. The highest BCUT2D eigenvalue weighted by Gasteiger charge is 2.39. The molecule has 2 aromatic rings. The fourth-order valence-electron chi connectivity index (χ4n) is 6.91. The van der Waals surface area contributed by atoms with Crippen LogP contribution < -0.4 is 37.2 Å². The summed E-state index contributed by atoms with van der Waals surface area (Å²) in [4.78, 5) is 111. The van der Waals surface area contributed by atoms with E-state index in [2.05, 4.69) is 37.2 Å². The fourth-order valence-corrected chi connectivity index (χ4v) is 6.91. The Bertz CT molecular complexity index is 1900. The lowest BCUT2D eigenvalue weighted by Crippen LogP contribution is -2.62. The molecule has 3 rings (SSSR count). The Morgan fingerprint density at radius 3 is 1.66 bits per heavy atom. The Labute approximate surface area is 375 Å². The molecule has 1 aliphatic heterocycles. The van der Waals surface area contributed by atoms with Crippen molar-refractivity contribution in [3.8, 4) is 0 Å². The predicted octanol–water partition coefficient (Wildman–Crippen LogP) is 0.322. The summed E-state index contributed by atoms with van der Waals surface area (Å²) in [5, 5.41) is 39.1. The van der Waals surface area contributed by atoms with Crippen molar-refractivity contribution in [2.45, 2.75) is 142 Å². The van der Waals surface area contributed by atoms with Crippen LogP contribution in [0.5, 0.6) is 0 Å². The topological polar surface area (TPSA) is 270 Å². The Morgan fingerprint density at radius 2 is 1.14 bits per heavy atom. The first-order valence-electron chi connectivity index (χ1n) is 21.9. The number of esters is 1. The standard InChI is InChI=1S/C46H67N7O11/c1-9-27(6)39(56)47-35(23-31-18-14-11-15-19-31)43(60)53-38-29(8)64-46(63)36(24-54)51-44(61)37(28(7)55)52-42(59)33(21-26(4)5)48-41(58)34(22-30-16-12-10-13-17-30)49-40(57)32(20-25(2)3)50-45(38)62/h10-19,25-29,32-38,54-55H,9,20-24H2,1-8H3,(H,47,56)(H,48,58)(H,49,57)(H,50,62)(H,51,61)(H,52,59)(H,53,60)/t27?,28?,29-,32+,33+,34+,35+,36-,37-,38+/m0/s1. The maximum atomic E-state index is 14.5. The molecule has 7 amide bonds. The lowest BCUT2D eigenvalue weighted by Gasteiger charge is -2.30. The Kier molecular flexibility index (Phi) is 20.8. The molecule has 352 valence electrons. The summed E-state index contributed by atoms with van der Waals surface area (Å²) in [5.74, 6) is -7.79. The van der Waals surface area contributed by atoms with E-state index in [0.717, 1.165) is 0 Å². The average Bonchev–Trinajstić information content (AvgIpc) is 3.24. The third kappa shape index (κ3) is 16.3.